The van der Waals surface area contributed by atoms with Gasteiger partial charge in [0.25, 0.3) is 5.56 Å². The van der Waals surface area contributed by atoms with Gasteiger partial charge in [0.15, 0.2) is 23.9 Å². The Bertz CT molecular complexity index is 1470. The second-order valence-electron chi connectivity index (χ2n) is 7.72. The Kier molecular flexibility index (Phi) is 6.24. The fourth-order valence-electron chi connectivity index (χ4n) is 3.38. The second kappa shape index (κ2) is 9.14. The van der Waals surface area contributed by atoms with Crippen molar-refractivity contribution in [3.63, 3.8) is 0 Å². The van der Waals surface area contributed by atoms with Crippen molar-refractivity contribution in [2.24, 2.45) is 13.0 Å². The first kappa shape index (κ1) is 23.2. The molecule has 1 amide bonds. The van der Waals surface area contributed by atoms with Crippen molar-refractivity contribution in [2.45, 2.75) is 20.5 Å². The van der Waals surface area contributed by atoms with Crippen LogP contribution in [0.3, 0.4) is 0 Å². The van der Waals surface area contributed by atoms with Gasteiger partial charge in [0, 0.05) is 25.1 Å². The fourth-order valence-corrected chi connectivity index (χ4v) is 4.23. The number of anilines is 1. The summed E-state index contributed by atoms with van der Waals surface area (Å²) in [6.07, 6.45) is 0. The number of nitrogens with zero attached hydrogens (tertiary/aromatic N) is 4. The Morgan fingerprint density at radius 1 is 1.15 bits per heavy atom. The number of carbonyl (C=O) groups excluding carboxylic acids is 2. The first-order valence-corrected chi connectivity index (χ1v) is 11.2. The lowest BCUT2D eigenvalue weighted by atomic mass is 10.1. The van der Waals surface area contributed by atoms with E-state index in [0.29, 0.717) is 33.3 Å². The van der Waals surface area contributed by atoms with Crippen molar-refractivity contribution in [1.29, 1.82) is 0 Å². The van der Waals surface area contributed by atoms with E-state index in [1.807, 2.05) is 0 Å². The molecule has 1 aromatic carbocycles. The number of methoxy groups -OCH3 is 2. The zero-order valence-corrected chi connectivity index (χ0v) is 20.1. The summed E-state index contributed by atoms with van der Waals surface area (Å²) in [5, 5.41) is 12.7. The molecule has 0 fully saturated rings. The topological polar surface area (TPSA) is 126 Å². The number of hydrogen-bond acceptors (Lipinski definition) is 9. The van der Waals surface area contributed by atoms with Gasteiger partial charge >= 0.3 is 5.97 Å². The molecule has 12 heteroatoms. The number of fused-ring (bicyclic) bond motifs is 3. The zero-order valence-electron chi connectivity index (χ0n) is 19.2. The molecule has 0 aliphatic rings. The van der Waals surface area contributed by atoms with Crippen LogP contribution in [0.5, 0.6) is 11.5 Å². The molecule has 3 aromatic heterocycles. The Morgan fingerprint density at radius 2 is 1.85 bits per heavy atom. The maximum atomic E-state index is 13.1. The molecule has 0 atom stereocenters. The van der Waals surface area contributed by atoms with Crippen LogP contribution in [0.1, 0.15) is 30.0 Å². The quantitative estimate of drug-likeness (QED) is 0.396. The summed E-state index contributed by atoms with van der Waals surface area (Å²) in [5.41, 5.74) is 0.781. The van der Waals surface area contributed by atoms with E-state index >= 15 is 0 Å². The van der Waals surface area contributed by atoms with Gasteiger partial charge in [-0.2, -0.15) is 0 Å². The number of aromatic nitrogens is 4. The molecule has 178 valence electrons. The molecule has 1 N–H and O–H groups in total. The summed E-state index contributed by atoms with van der Waals surface area (Å²) in [4.78, 5) is 37.9. The van der Waals surface area contributed by atoms with Gasteiger partial charge in [-0.05, 0) is 11.4 Å². The minimum atomic E-state index is -0.705. The van der Waals surface area contributed by atoms with E-state index in [0.717, 1.165) is 0 Å². The van der Waals surface area contributed by atoms with Crippen LogP contribution in [-0.2, 0) is 23.2 Å². The van der Waals surface area contributed by atoms with Gasteiger partial charge in [0.2, 0.25) is 11.7 Å². The van der Waals surface area contributed by atoms with Gasteiger partial charge < -0.3 is 19.5 Å². The number of amides is 1. The number of benzene rings is 1. The van der Waals surface area contributed by atoms with Crippen LogP contribution in [0.25, 0.3) is 16.0 Å². The average Bonchev–Trinajstić information content (AvgIpc) is 3.47. The first-order chi connectivity index (χ1) is 16.3. The highest BCUT2D eigenvalue weighted by Crippen LogP contribution is 2.34. The van der Waals surface area contributed by atoms with Crippen molar-refractivity contribution in [3.8, 4) is 11.5 Å². The Balaban J connectivity index is 1.69. The van der Waals surface area contributed by atoms with Gasteiger partial charge in [-0.15, -0.1) is 21.5 Å². The third-order valence-electron chi connectivity index (χ3n) is 5.26. The summed E-state index contributed by atoms with van der Waals surface area (Å²) in [5.74, 6) is 0.0448. The third-order valence-corrected chi connectivity index (χ3v) is 6.15. The lowest BCUT2D eigenvalue weighted by molar-refractivity contribution is -0.118. The average molecular weight is 486 g/mol. The van der Waals surface area contributed by atoms with Crippen LogP contribution in [-0.4, -0.2) is 45.3 Å². The molecular formula is C22H23N5O6S. The minimum Gasteiger partial charge on any atom is -0.493 e. The molecule has 4 rings (SSSR count). The van der Waals surface area contributed by atoms with E-state index in [1.54, 1.807) is 36.7 Å². The van der Waals surface area contributed by atoms with Crippen LogP contribution in [0.4, 0.5) is 5.69 Å². The highest BCUT2D eigenvalue weighted by atomic mass is 32.1. The van der Waals surface area contributed by atoms with E-state index in [2.05, 4.69) is 15.5 Å². The number of hydrogen-bond donors (Lipinski definition) is 1. The number of thiophene rings is 1. The number of carbonyl (C=O) groups is 2. The van der Waals surface area contributed by atoms with Crippen LogP contribution in [0, 0.1) is 5.92 Å². The van der Waals surface area contributed by atoms with Gasteiger partial charge in [-0.3, -0.25) is 18.6 Å². The molecule has 0 aliphatic carbocycles. The summed E-state index contributed by atoms with van der Waals surface area (Å²) in [6.45, 7) is 3.26. The standard InChI is InChI=1S/C22H23N5O6S/c1-11(2)19(28)23-13-9-16(32-5)15(31-4)8-12(13)21(30)33-10-17-24-25-22-26(3)20(29)18-14(27(17)22)6-7-34-18/h6-9,11H,10H2,1-5H3,(H,23,28). The minimum absolute atomic E-state index is 0.0913. The third kappa shape index (κ3) is 3.96. The smallest absolute Gasteiger partial charge is 0.340 e. The van der Waals surface area contributed by atoms with Crippen LogP contribution >= 0.6 is 11.3 Å². The Labute approximate surface area is 197 Å². The highest BCUT2D eigenvalue weighted by molar-refractivity contribution is 7.17. The van der Waals surface area contributed by atoms with Crippen molar-refractivity contribution in [2.75, 3.05) is 19.5 Å². The molecule has 0 spiro atoms. The number of esters is 1. The molecule has 0 bridgehead atoms. The number of ether oxygens (including phenoxy) is 3. The predicted octanol–water partition coefficient (Wildman–Crippen LogP) is 2.61. The number of aryl methyl sites for hydroxylation is 1. The molecule has 34 heavy (non-hydrogen) atoms. The summed E-state index contributed by atoms with van der Waals surface area (Å²) < 4.78 is 19.8. The second-order valence-corrected chi connectivity index (χ2v) is 8.64. The zero-order chi connectivity index (χ0) is 24.6. The van der Waals surface area contributed by atoms with Crippen molar-refractivity contribution in [1.82, 2.24) is 19.2 Å². The first-order valence-electron chi connectivity index (χ1n) is 10.3. The number of rotatable bonds is 7. The maximum absolute atomic E-state index is 13.1. The van der Waals surface area contributed by atoms with E-state index < -0.39 is 5.97 Å². The van der Waals surface area contributed by atoms with Gasteiger partial charge in [-0.25, -0.2) is 4.79 Å². The van der Waals surface area contributed by atoms with Crippen molar-refractivity contribution < 1.29 is 23.8 Å². The highest BCUT2D eigenvalue weighted by Gasteiger charge is 2.22. The molecule has 11 nitrogen and oxygen atoms in total. The van der Waals surface area contributed by atoms with Crippen LogP contribution in [0.2, 0.25) is 0 Å². The predicted molar refractivity (Wildman–Crippen MR) is 126 cm³/mol. The molecule has 3 heterocycles. The van der Waals surface area contributed by atoms with E-state index in [1.165, 1.54) is 42.3 Å². The van der Waals surface area contributed by atoms with E-state index in [4.69, 9.17) is 14.2 Å². The Morgan fingerprint density at radius 3 is 2.53 bits per heavy atom. The van der Waals surface area contributed by atoms with E-state index in [9.17, 15) is 14.4 Å². The fraction of sp³-hybridized carbons (Fsp3) is 0.318. The van der Waals surface area contributed by atoms with Crippen LogP contribution < -0.4 is 20.3 Å². The van der Waals surface area contributed by atoms with Gasteiger partial charge in [0.05, 0.1) is 31.0 Å². The molecule has 0 saturated carbocycles. The molecule has 4 aromatic rings. The van der Waals surface area contributed by atoms with Crippen molar-refractivity contribution in [3.05, 3.63) is 45.3 Å². The Hall–Kier alpha value is -3.93. The van der Waals surface area contributed by atoms with E-state index in [-0.39, 0.29) is 35.2 Å². The van der Waals surface area contributed by atoms with Crippen LogP contribution in [0.15, 0.2) is 28.4 Å². The van der Waals surface area contributed by atoms with Gasteiger partial charge in [-0.1, -0.05) is 13.8 Å². The largest absolute Gasteiger partial charge is 0.493 e. The lowest BCUT2D eigenvalue weighted by Crippen LogP contribution is -2.21. The molecular weight excluding hydrogens is 462 g/mol. The summed E-state index contributed by atoms with van der Waals surface area (Å²) in [7, 11) is 4.51. The van der Waals surface area contributed by atoms with Crippen molar-refractivity contribution >= 4 is 44.9 Å². The summed E-state index contributed by atoms with van der Waals surface area (Å²) >= 11 is 1.31. The normalized spacial score (nSPS) is 11.2. The molecule has 0 radical (unpaired) electrons. The molecule has 0 aliphatic heterocycles. The number of nitrogens with one attached hydrogen (secondary N) is 1. The SMILES string of the molecule is COc1cc(NC(=O)C(C)C)c(C(=O)OCc2nnc3n(C)c(=O)c4sccc4n23)cc1OC. The van der Waals surface area contributed by atoms with Gasteiger partial charge in [0.1, 0.15) is 4.70 Å². The molecule has 0 saturated heterocycles. The summed E-state index contributed by atoms with van der Waals surface area (Å²) in [6, 6.07) is 4.74. The molecule has 0 unspecified atom stereocenters. The lowest BCUT2D eigenvalue weighted by Gasteiger charge is -2.16. The monoisotopic (exact) mass is 485 g/mol. The maximum Gasteiger partial charge on any atom is 0.340 e.